The number of hydrogen-bond donors (Lipinski definition) is 1. The molecule has 0 radical (unpaired) electrons. The third kappa shape index (κ3) is 5.74. The smallest absolute Gasteiger partial charge is 0.128 e. The van der Waals surface area contributed by atoms with Gasteiger partial charge in [0.2, 0.25) is 0 Å². The SMILES string of the molecule is CCCCCC(C)(C)CNC(C)c1cc(F)c(C)cc1F. The first-order chi connectivity index (χ1) is 9.76. The molecule has 0 saturated carbocycles. The molecule has 1 rings (SSSR count). The lowest BCUT2D eigenvalue weighted by Gasteiger charge is -2.27. The van der Waals surface area contributed by atoms with E-state index < -0.39 is 0 Å². The van der Waals surface area contributed by atoms with Crippen LogP contribution in [0.5, 0.6) is 0 Å². The van der Waals surface area contributed by atoms with E-state index in [1.165, 1.54) is 31.4 Å². The average molecular weight is 297 g/mol. The molecule has 0 bridgehead atoms. The highest BCUT2D eigenvalue weighted by atomic mass is 19.1. The second-order valence-electron chi connectivity index (χ2n) is 6.85. The van der Waals surface area contributed by atoms with Crippen LogP contribution < -0.4 is 5.32 Å². The van der Waals surface area contributed by atoms with Crippen molar-refractivity contribution < 1.29 is 8.78 Å². The molecule has 0 fully saturated rings. The van der Waals surface area contributed by atoms with Gasteiger partial charge in [0.05, 0.1) is 0 Å². The summed E-state index contributed by atoms with van der Waals surface area (Å²) in [4.78, 5) is 0. The highest BCUT2D eigenvalue weighted by molar-refractivity contribution is 5.27. The topological polar surface area (TPSA) is 12.0 Å². The molecule has 0 spiro atoms. The summed E-state index contributed by atoms with van der Waals surface area (Å²) in [6, 6.07) is 2.40. The van der Waals surface area contributed by atoms with Crippen molar-refractivity contribution in [2.75, 3.05) is 6.54 Å². The Morgan fingerprint density at radius 2 is 1.81 bits per heavy atom. The predicted octanol–water partition coefficient (Wildman–Crippen LogP) is 5.53. The van der Waals surface area contributed by atoms with E-state index in [0.717, 1.165) is 13.0 Å². The van der Waals surface area contributed by atoms with E-state index in [1.807, 2.05) is 6.92 Å². The Kier molecular flexibility index (Phi) is 6.79. The van der Waals surface area contributed by atoms with Gasteiger partial charge in [-0.05, 0) is 43.4 Å². The van der Waals surface area contributed by atoms with Crippen LogP contribution in [0, 0.1) is 24.0 Å². The van der Waals surface area contributed by atoms with Crippen molar-refractivity contribution >= 4 is 0 Å². The first-order valence-corrected chi connectivity index (χ1v) is 7.96. The Balaban J connectivity index is 2.61. The minimum atomic E-state index is -0.345. The van der Waals surface area contributed by atoms with Gasteiger partial charge in [0.1, 0.15) is 11.6 Å². The molecule has 1 nitrogen and oxygen atoms in total. The van der Waals surface area contributed by atoms with Crippen molar-refractivity contribution in [2.24, 2.45) is 5.41 Å². The van der Waals surface area contributed by atoms with Gasteiger partial charge in [-0.1, -0.05) is 40.0 Å². The number of halogens is 2. The molecular formula is C18H29F2N. The fourth-order valence-electron chi connectivity index (χ4n) is 2.47. The summed E-state index contributed by atoms with van der Waals surface area (Å²) >= 11 is 0. The van der Waals surface area contributed by atoms with E-state index in [2.05, 4.69) is 26.1 Å². The minimum absolute atomic E-state index is 0.170. The number of benzene rings is 1. The highest BCUT2D eigenvalue weighted by Crippen LogP contribution is 2.25. The summed E-state index contributed by atoms with van der Waals surface area (Å²) in [5.41, 5.74) is 0.925. The molecule has 0 aliphatic carbocycles. The van der Waals surface area contributed by atoms with Crippen LogP contribution >= 0.6 is 0 Å². The van der Waals surface area contributed by atoms with Gasteiger partial charge in [0.15, 0.2) is 0 Å². The molecule has 0 aromatic heterocycles. The van der Waals surface area contributed by atoms with Crippen LogP contribution in [0.1, 0.15) is 70.5 Å². The van der Waals surface area contributed by atoms with Crippen molar-refractivity contribution in [1.82, 2.24) is 5.32 Å². The van der Waals surface area contributed by atoms with E-state index >= 15 is 0 Å². The predicted molar refractivity (Wildman–Crippen MR) is 85.4 cm³/mol. The Morgan fingerprint density at radius 1 is 1.14 bits per heavy atom. The molecule has 120 valence electrons. The Bertz CT molecular complexity index is 455. The monoisotopic (exact) mass is 297 g/mol. The van der Waals surface area contributed by atoms with Gasteiger partial charge in [-0.15, -0.1) is 0 Å². The normalized spacial score (nSPS) is 13.5. The largest absolute Gasteiger partial charge is 0.310 e. The molecule has 0 heterocycles. The van der Waals surface area contributed by atoms with Gasteiger partial charge < -0.3 is 5.32 Å². The summed E-state index contributed by atoms with van der Waals surface area (Å²) < 4.78 is 27.5. The van der Waals surface area contributed by atoms with E-state index in [0.29, 0.717) is 11.1 Å². The van der Waals surface area contributed by atoms with E-state index in [-0.39, 0.29) is 23.1 Å². The lowest BCUT2D eigenvalue weighted by molar-refractivity contribution is 0.289. The maximum atomic E-state index is 13.9. The molecule has 0 aliphatic heterocycles. The minimum Gasteiger partial charge on any atom is -0.310 e. The maximum absolute atomic E-state index is 13.9. The fraction of sp³-hybridized carbons (Fsp3) is 0.667. The van der Waals surface area contributed by atoms with E-state index in [1.54, 1.807) is 6.92 Å². The Labute approximate surface area is 128 Å². The zero-order valence-corrected chi connectivity index (χ0v) is 14.0. The molecule has 1 N–H and O–H groups in total. The zero-order valence-electron chi connectivity index (χ0n) is 14.0. The number of hydrogen-bond acceptors (Lipinski definition) is 1. The van der Waals surface area contributed by atoms with Crippen LogP contribution in [-0.2, 0) is 0 Å². The van der Waals surface area contributed by atoms with Crippen molar-refractivity contribution in [3.63, 3.8) is 0 Å². The van der Waals surface area contributed by atoms with Gasteiger partial charge in [-0.3, -0.25) is 0 Å². The molecule has 0 saturated heterocycles. The standard InChI is InChI=1S/C18H29F2N/c1-6-7-8-9-18(4,5)12-21-14(3)15-11-16(19)13(2)10-17(15)20/h10-11,14,21H,6-9,12H2,1-5H3. The van der Waals surface area contributed by atoms with Gasteiger partial charge in [0, 0.05) is 18.2 Å². The van der Waals surface area contributed by atoms with Gasteiger partial charge in [0.25, 0.3) is 0 Å². The fourth-order valence-corrected chi connectivity index (χ4v) is 2.47. The van der Waals surface area contributed by atoms with Crippen LogP contribution in [0.4, 0.5) is 8.78 Å². The second-order valence-corrected chi connectivity index (χ2v) is 6.85. The molecule has 21 heavy (non-hydrogen) atoms. The number of rotatable bonds is 8. The first-order valence-electron chi connectivity index (χ1n) is 7.96. The average Bonchev–Trinajstić information content (AvgIpc) is 2.40. The summed E-state index contributed by atoms with van der Waals surface area (Å²) in [6.45, 7) is 10.9. The lowest BCUT2D eigenvalue weighted by atomic mass is 9.86. The van der Waals surface area contributed by atoms with Crippen LogP contribution in [0.25, 0.3) is 0 Å². The number of nitrogens with one attached hydrogen (secondary N) is 1. The van der Waals surface area contributed by atoms with Crippen molar-refractivity contribution in [3.8, 4) is 0 Å². The summed E-state index contributed by atoms with van der Waals surface area (Å²) in [5, 5.41) is 3.35. The summed E-state index contributed by atoms with van der Waals surface area (Å²) in [5.74, 6) is -0.681. The van der Waals surface area contributed by atoms with E-state index in [9.17, 15) is 8.78 Å². The van der Waals surface area contributed by atoms with Crippen LogP contribution in [-0.4, -0.2) is 6.54 Å². The molecule has 1 atom stereocenters. The van der Waals surface area contributed by atoms with Gasteiger partial charge in [-0.2, -0.15) is 0 Å². The van der Waals surface area contributed by atoms with E-state index in [4.69, 9.17) is 0 Å². The third-order valence-electron chi connectivity index (χ3n) is 4.09. The second kappa shape index (κ2) is 7.88. The third-order valence-corrected chi connectivity index (χ3v) is 4.09. The maximum Gasteiger partial charge on any atom is 0.128 e. The molecule has 1 aromatic carbocycles. The molecule has 3 heteroatoms. The van der Waals surface area contributed by atoms with Crippen LogP contribution in [0.15, 0.2) is 12.1 Å². The molecule has 1 unspecified atom stereocenters. The quantitative estimate of drug-likeness (QED) is 0.622. The van der Waals surface area contributed by atoms with Crippen LogP contribution in [0.3, 0.4) is 0 Å². The Morgan fingerprint density at radius 3 is 2.43 bits per heavy atom. The molecule has 1 aromatic rings. The van der Waals surface area contributed by atoms with Gasteiger partial charge >= 0.3 is 0 Å². The first kappa shape index (κ1) is 18.1. The molecule has 0 amide bonds. The highest BCUT2D eigenvalue weighted by Gasteiger charge is 2.20. The summed E-state index contributed by atoms with van der Waals surface area (Å²) in [6.07, 6.45) is 4.82. The number of unbranched alkanes of at least 4 members (excludes halogenated alkanes) is 2. The van der Waals surface area contributed by atoms with Gasteiger partial charge in [-0.25, -0.2) is 8.78 Å². The van der Waals surface area contributed by atoms with Crippen molar-refractivity contribution in [2.45, 2.75) is 66.3 Å². The Hall–Kier alpha value is -0.960. The zero-order chi connectivity index (χ0) is 16.0. The molecule has 0 aliphatic rings. The van der Waals surface area contributed by atoms with Crippen LogP contribution in [0.2, 0.25) is 0 Å². The van der Waals surface area contributed by atoms with Crippen molar-refractivity contribution in [3.05, 3.63) is 34.9 Å². The lowest BCUT2D eigenvalue weighted by Crippen LogP contribution is -2.31. The van der Waals surface area contributed by atoms with Crippen molar-refractivity contribution in [1.29, 1.82) is 0 Å². The summed E-state index contributed by atoms with van der Waals surface area (Å²) in [7, 11) is 0. The number of aryl methyl sites for hydroxylation is 1. The molecular weight excluding hydrogens is 268 g/mol.